The van der Waals surface area contributed by atoms with Gasteiger partial charge in [-0.3, -0.25) is 0 Å². The Kier molecular flexibility index (Phi) is 5.14. The van der Waals surface area contributed by atoms with Crippen LogP contribution in [-0.2, 0) is 6.54 Å². The lowest BCUT2D eigenvalue weighted by Crippen LogP contribution is -2.23. The molecule has 0 aliphatic rings. The van der Waals surface area contributed by atoms with E-state index in [-0.39, 0.29) is 5.75 Å². The quantitative estimate of drug-likeness (QED) is 0.783. The van der Waals surface area contributed by atoms with Crippen molar-refractivity contribution >= 4 is 0 Å². The molecular formula is C11H15F2NO2. The van der Waals surface area contributed by atoms with Crippen molar-refractivity contribution in [1.82, 2.24) is 5.32 Å². The predicted molar refractivity (Wildman–Crippen MR) is 56.5 cm³/mol. The van der Waals surface area contributed by atoms with Gasteiger partial charge in [-0.2, -0.15) is 8.78 Å². The number of nitrogens with one attached hydrogen (secondary N) is 1. The van der Waals surface area contributed by atoms with Crippen LogP contribution in [0.4, 0.5) is 8.78 Å². The van der Waals surface area contributed by atoms with Crippen molar-refractivity contribution in [3.05, 3.63) is 29.8 Å². The minimum atomic E-state index is -2.79. The molecule has 1 rings (SSSR count). The monoisotopic (exact) mass is 231 g/mol. The van der Waals surface area contributed by atoms with Gasteiger partial charge in [0.2, 0.25) is 0 Å². The summed E-state index contributed by atoms with van der Waals surface area (Å²) in [5.74, 6) is 0.147. The molecule has 0 bridgehead atoms. The molecule has 0 aromatic heterocycles. The van der Waals surface area contributed by atoms with E-state index in [1.807, 2.05) is 0 Å². The highest BCUT2D eigenvalue weighted by Crippen LogP contribution is 2.14. The van der Waals surface area contributed by atoms with Crippen LogP contribution in [0, 0.1) is 0 Å². The highest BCUT2D eigenvalue weighted by molar-refractivity contribution is 5.27. The maximum Gasteiger partial charge on any atom is 0.387 e. The Morgan fingerprint density at radius 1 is 1.31 bits per heavy atom. The molecule has 16 heavy (non-hydrogen) atoms. The zero-order valence-corrected chi connectivity index (χ0v) is 8.99. The maximum absolute atomic E-state index is 11.9. The van der Waals surface area contributed by atoms with Crippen molar-refractivity contribution in [2.45, 2.75) is 26.2 Å². The highest BCUT2D eigenvalue weighted by Gasteiger charge is 2.03. The molecule has 0 spiro atoms. The second-order valence-electron chi connectivity index (χ2n) is 3.50. The lowest BCUT2D eigenvalue weighted by molar-refractivity contribution is -0.0498. The van der Waals surface area contributed by atoms with Gasteiger partial charge in [-0.25, -0.2) is 0 Å². The number of halogens is 2. The molecule has 5 heteroatoms. The minimum Gasteiger partial charge on any atom is -0.435 e. The normalized spacial score (nSPS) is 12.8. The third kappa shape index (κ3) is 5.04. The number of hydrogen-bond donors (Lipinski definition) is 2. The van der Waals surface area contributed by atoms with Crippen LogP contribution in [0.5, 0.6) is 5.75 Å². The Hall–Kier alpha value is -1.20. The van der Waals surface area contributed by atoms with Gasteiger partial charge >= 0.3 is 6.61 Å². The molecule has 1 aromatic rings. The van der Waals surface area contributed by atoms with Gasteiger partial charge in [0.25, 0.3) is 0 Å². The van der Waals surface area contributed by atoms with Gasteiger partial charge in [0, 0.05) is 13.1 Å². The number of benzene rings is 1. The van der Waals surface area contributed by atoms with E-state index in [2.05, 4.69) is 10.1 Å². The van der Waals surface area contributed by atoms with Gasteiger partial charge in [-0.05, 0) is 24.6 Å². The molecule has 0 fully saturated rings. The summed E-state index contributed by atoms with van der Waals surface area (Å²) in [6, 6.07) is 6.39. The van der Waals surface area contributed by atoms with Gasteiger partial charge in [0.1, 0.15) is 5.75 Å². The number of alkyl halides is 2. The van der Waals surface area contributed by atoms with Crippen LogP contribution in [0.1, 0.15) is 12.5 Å². The van der Waals surface area contributed by atoms with Gasteiger partial charge in [0.15, 0.2) is 0 Å². The van der Waals surface area contributed by atoms with E-state index in [1.165, 1.54) is 12.1 Å². The average Bonchev–Trinajstić information content (AvgIpc) is 2.19. The van der Waals surface area contributed by atoms with E-state index in [4.69, 9.17) is 5.11 Å². The molecule has 0 aliphatic carbocycles. The van der Waals surface area contributed by atoms with Crippen LogP contribution < -0.4 is 10.1 Å². The topological polar surface area (TPSA) is 41.5 Å². The first-order valence-corrected chi connectivity index (χ1v) is 5.00. The SMILES string of the molecule is C[C@H](O)CNCc1ccc(OC(F)F)cc1. The Morgan fingerprint density at radius 3 is 2.44 bits per heavy atom. The van der Waals surface area contributed by atoms with Crippen LogP contribution in [0.25, 0.3) is 0 Å². The van der Waals surface area contributed by atoms with Crippen molar-refractivity contribution < 1.29 is 18.6 Å². The third-order valence-corrected chi connectivity index (χ3v) is 1.92. The van der Waals surface area contributed by atoms with E-state index in [0.29, 0.717) is 13.1 Å². The van der Waals surface area contributed by atoms with Gasteiger partial charge < -0.3 is 15.2 Å². The molecule has 0 radical (unpaired) electrons. The first-order chi connectivity index (χ1) is 7.58. The van der Waals surface area contributed by atoms with Crippen molar-refractivity contribution in [2.24, 2.45) is 0 Å². The van der Waals surface area contributed by atoms with Crippen molar-refractivity contribution in [3.63, 3.8) is 0 Å². The van der Waals surface area contributed by atoms with E-state index in [9.17, 15) is 8.78 Å². The lowest BCUT2D eigenvalue weighted by atomic mass is 10.2. The summed E-state index contributed by atoms with van der Waals surface area (Å²) < 4.78 is 27.9. The van der Waals surface area contributed by atoms with Gasteiger partial charge in [-0.1, -0.05) is 12.1 Å². The molecule has 0 aliphatic heterocycles. The van der Waals surface area contributed by atoms with E-state index in [0.717, 1.165) is 5.56 Å². The Bertz CT molecular complexity index is 301. The summed E-state index contributed by atoms with van der Waals surface area (Å²) in [4.78, 5) is 0. The Labute approximate surface area is 93.0 Å². The summed E-state index contributed by atoms with van der Waals surface area (Å²) in [5, 5.41) is 12.0. The smallest absolute Gasteiger partial charge is 0.387 e. The van der Waals surface area contributed by atoms with Gasteiger partial charge in [0.05, 0.1) is 6.10 Å². The average molecular weight is 231 g/mol. The highest BCUT2D eigenvalue weighted by atomic mass is 19.3. The second-order valence-corrected chi connectivity index (χ2v) is 3.50. The predicted octanol–water partition coefficient (Wildman–Crippen LogP) is 1.76. The Morgan fingerprint density at radius 2 is 1.94 bits per heavy atom. The molecule has 0 saturated heterocycles. The van der Waals surface area contributed by atoms with Crippen molar-refractivity contribution in [2.75, 3.05) is 6.54 Å². The molecule has 1 aromatic carbocycles. The molecule has 0 unspecified atom stereocenters. The van der Waals surface area contributed by atoms with Crippen LogP contribution in [0.2, 0.25) is 0 Å². The largest absolute Gasteiger partial charge is 0.435 e. The molecule has 0 heterocycles. The zero-order valence-electron chi connectivity index (χ0n) is 8.99. The molecule has 0 saturated carbocycles. The maximum atomic E-state index is 11.9. The lowest BCUT2D eigenvalue weighted by Gasteiger charge is -2.08. The van der Waals surface area contributed by atoms with E-state index < -0.39 is 12.7 Å². The van der Waals surface area contributed by atoms with Crippen LogP contribution in [0.15, 0.2) is 24.3 Å². The molecule has 0 amide bonds. The zero-order chi connectivity index (χ0) is 12.0. The van der Waals surface area contributed by atoms with Crippen LogP contribution in [-0.4, -0.2) is 24.4 Å². The molecule has 1 atom stereocenters. The van der Waals surface area contributed by atoms with Gasteiger partial charge in [-0.15, -0.1) is 0 Å². The first kappa shape index (κ1) is 12.9. The minimum absolute atomic E-state index is 0.147. The number of aliphatic hydroxyl groups excluding tert-OH is 1. The van der Waals surface area contributed by atoms with Crippen LogP contribution >= 0.6 is 0 Å². The number of rotatable bonds is 6. The fraction of sp³-hybridized carbons (Fsp3) is 0.455. The summed E-state index contributed by atoms with van der Waals surface area (Å²) in [5.41, 5.74) is 0.947. The van der Waals surface area contributed by atoms with Crippen molar-refractivity contribution in [3.8, 4) is 5.75 Å². The van der Waals surface area contributed by atoms with E-state index >= 15 is 0 Å². The second kappa shape index (κ2) is 6.40. The van der Waals surface area contributed by atoms with Crippen LogP contribution in [0.3, 0.4) is 0 Å². The first-order valence-electron chi connectivity index (χ1n) is 5.00. The fourth-order valence-corrected chi connectivity index (χ4v) is 1.21. The number of ether oxygens (including phenoxy) is 1. The number of hydrogen-bond acceptors (Lipinski definition) is 3. The summed E-state index contributed by atoms with van der Waals surface area (Å²) in [6.45, 7) is -0.0268. The molecule has 90 valence electrons. The summed E-state index contributed by atoms with van der Waals surface area (Å²) in [7, 11) is 0. The standard InChI is InChI=1S/C11H15F2NO2/c1-8(15)6-14-7-9-2-4-10(5-3-9)16-11(12)13/h2-5,8,11,14-15H,6-7H2,1H3/t8-/m0/s1. The van der Waals surface area contributed by atoms with E-state index in [1.54, 1.807) is 19.1 Å². The fourth-order valence-electron chi connectivity index (χ4n) is 1.21. The van der Waals surface area contributed by atoms with Crippen molar-refractivity contribution in [1.29, 1.82) is 0 Å². The third-order valence-electron chi connectivity index (χ3n) is 1.92. The molecule has 3 nitrogen and oxygen atoms in total. The number of aliphatic hydroxyl groups is 1. The molecular weight excluding hydrogens is 216 g/mol. The Balaban J connectivity index is 2.39. The summed E-state index contributed by atoms with van der Waals surface area (Å²) in [6.07, 6.45) is -0.401. The molecule has 2 N–H and O–H groups in total. The summed E-state index contributed by atoms with van der Waals surface area (Å²) >= 11 is 0.